The van der Waals surface area contributed by atoms with Gasteiger partial charge in [0.1, 0.15) is 23.0 Å². The van der Waals surface area contributed by atoms with Crippen LogP contribution < -0.4 is 20.3 Å². The molecule has 1 aromatic carbocycles. The quantitative estimate of drug-likeness (QED) is 0.644. The minimum absolute atomic E-state index is 0.265. The van der Waals surface area contributed by atoms with Crippen LogP contribution in [0.2, 0.25) is 0 Å². The zero-order valence-electron chi connectivity index (χ0n) is 16.5. The highest BCUT2D eigenvalue weighted by molar-refractivity contribution is 5.92. The van der Waals surface area contributed by atoms with Crippen LogP contribution in [0.25, 0.3) is 0 Å². The zero-order chi connectivity index (χ0) is 20.8. The average Bonchev–Trinajstić information content (AvgIpc) is 2.81. The van der Waals surface area contributed by atoms with Gasteiger partial charge in [0.25, 0.3) is 5.91 Å². The first-order chi connectivity index (χ1) is 14.7. The number of carbonyl (C=O) groups excluding carboxylic acids is 1. The van der Waals surface area contributed by atoms with Gasteiger partial charge in [-0.15, -0.1) is 0 Å². The lowest BCUT2D eigenvalue weighted by Gasteiger charge is -2.27. The lowest BCUT2D eigenvalue weighted by atomic mass is 10.3. The number of rotatable bonds is 6. The number of hydrogen-bond acceptors (Lipinski definition) is 8. The number of morpholine rings is 1. The number of hydrogen-bond donors (Lipinski definition) is 2. The molecule has 9 nitrogen and oxygen atoms in total. The van der Waals surface area contributed by atoms with Crippen LogP contribution in [0.5, 0.6) is 11.5 Å². The molecule has 2 N–H and O–H groups in total. The third-order valence-corrected chi connectivity index (χ3v) is 4.51. The molecule has 1 aliphatic rings. The number of nitrogens with one attached hydrogen (secondary N) is 2. The number of nitrogens with zero attached hydrogens (tertiary/aromatic N) is 4. The molecule has 1 saturated heterocycles. The molecule has 2 aromatic heterocycles. The number of benzene rings is 1. The van der Waals surface area contributed by atoms with Gasteiger partial charge < -0.3 is 25.0 Å². The van der Waals surface area contributed by atoms with Crippen LogP contribution in [-0.2, 0) is 4.74 Å². The topological polar surface area (TPSA) is 102 Å². The maximum Gasteiger partial charge on any atom is 0.269 e. The van der Waals surface area contributed by atoms with Crippen LogP contribution >= 0.6 is 0 Å². The molecule has 154 valence electrons. The molecule has 0 radical (unpaired) electrons. The molecule has 9 heteroatoms. The van der Waals surface area contributed by atoms with Crippen molar-refractivity contribution in [1.29, 1.82) is 0 Å². The molecule has 3 heterocycles. The van der Waals surface area contributed by atoms with Gasteiger partial charge in [0.15, 0.2) is 0 Å². The van der Waals surface area contributed by atoms with Crippen LogP contribution in [-0.4, -0.2) is 54.2 Å². The van der Waals surface area contributed by atoms with Crippen molar-refractivity contribution in [3.05, 3.63) is 60.6 Å². The fourth-order valence-corrected chi connectivity index (χ4v) is 2.98. The molecule has 1 aliphatic heterocycles. The van der Waals surface area contributed by atoms with Gasteiger partial charge in [0.05, 0.1) is 13.2 Å². The molecule has 0 saturated carbocycles. The molecule has 1 amide bonds. The maximum atomic E-state index is 11.7. The Morgan fingerprint density at radius 3 is 2.57 bits per heavy atom. The van der Waals surface area contributed by atoms with Gasteiger partial charge in [-0.2, -0.15) is 4.98 Å². The molecule has 3 aromatic rings. The molecule has 0 spiro atoms. The van der Waals surface area contributed by atoms with Gasteiger partial charge >= 0.3 is 0 Å². The molecule has 30 heavy (non-hydrogen) atoms. The van der Waals surface area contributed by atoms with Crippen molar-refractivity contribution in [3.63, 3.8) is 0 Å². The van der Waals surface area contributed by atoms with Gasteiger partial charge in [0.2, 0.25) is 5.95 Å². The number of amides is 1. The van der Waals surface area contributed by atoms with E-state index < -0.39 is 0 Å². The molecule has 0 unspecified atom stereocenters. The summed E-state index contributed by atoms with van der Waals surface area (Å²) in [5.74, 6) is 2.31. The summed E-state index contributed by atoms with van der Waals surface area (Å²) in [6, 6.07) is 12.6. The molecule has 0 aliphatic carbocycles. The van der Waals surface area contributed by atoms with Crippen LogP contribution in [0.1, 0.15) is 10.5 Å². The number of carbonyl (C=O) groups is 1. The predicted molar refractivity (Wildman–Crippen MR) is 112 cm³/mol. The first-order valence-corrected chi connectivity index (χ1v) is 9.60. The Hall–Kier alpha value is -3.72. The summed E-state index contributed by atoms with van der Waals surface area (Å²) in [6.07, 6.45) is 3.28. The Morgan fingerprint density at radius 1 is 1.03 bits per heavy atom. The van der Waals surface area contributed by atoms with Crippen molar-refractivity contribution in [3.8, 4) is 11.5 Å². The van der Waals surface area contributed by atoms with E-state index in [0.717, 1.165) is 24.6 Å². The summed E-state index contributed by atoms with van der Waals surface area (Å²) in [6.45, 7) is 3.05. The highest BCUT2D eigenvalue weighted by Gasteiger charge is 2.13. The standard InChI is InChI=1S/C21H22N6O3/c1-22-20(28)18-14-17(6-8-23-18)30-16-4-2-15(3-5-16)25-21-24-9-7-19(26-21)27-10-12-29-13-11-27/h2-9,14H,10-13H2,1H3,(H,22,28)(H,24,25,26). The van der Waals surface area contributed by atoms with Gasteiger partial charge in [-0.05, 0) is 36.4 Å². The van der Waals surface area contributed by atoms with Crippen LogP contribution in [0.15, 0.2) is 54.9 Å². The predicted octanol–water partition coefficient (Wildman–Crippen LogP) is 2.60. The number of aromatic nitrogens is 3. The summed E-state index contributed by atoms with van der Waals surface area (Å²) >= 11 is 0. The van der Waals surface area contributed by atoms with E-state index >= 15 is 0 Å². The van der Waals surface area contributed by atoms with Crippen molar-refractivity contribution in [2.24, 2.45) is 0 Å². The highest BCUT2D eigenvalue weighted by atomic mass is 16.5. The smallest absolute Gasteiger partial charge is 0.269 e. The highest BCUT2D eigenvalue weighted by Crippen LogP contribution is 2.24. The number of anilines is 3. The molecule has 0 atom stereocenters. The lowest BCUT2D eigenvalue weighted by Crippen LogP contribution is -2.36. The molecule has 0 bridgehead atoms. The molecular formula is C21H22N6O3. The summed E-state index contributed by atoms with van der Waals surface area (Å²) in [4.78, 5) is 26.8. The van der Waals surface area contributed by atoms with Crippen molar-refractivity contribution in [1.82, 2.24) is 20.3 Å². The largest absolute Gasteiger partial charge is 0.457 e. The number of pyridine rings is 1. The van der Waals surface area contributed by atoms with E-state index in [1.54, 1.807) is 25.4 Å². The Kier molecular flexibility index (Phi) is 6.00. The Balaban J connectivity index is 1.41. The Labute approximate surface area is 174 Å². The molecule has 1 fully saturated rings. The first-order valence-electron chi connectivity index (χ1n) is 9.60. The summed E-state index contributed by atoms with van der Waals surface area (Å²) < 4.78 is 11.2. The first kappa shape index (κ1) is 19.6. The SMILES string of the molecule is CNC(=O)c1cc(Oc2ccc(Nc3nccc(N4CCOCC4)n3)cc2)ccn1. The molecule has 4 rings (SSSR count). The normalized spacial score (nSPS) is 13.6. The second-order valence-corrected chi connectivity index (χ2v) is 6.55. The van der Waals surface area contributed by atoms with E-state index in [-0.39, 0.29) is 5.91 Å². The van der Waals surface area contributed by atoms with Gasteiger partial charge in [0, 0.05) is 44.3 Å². The van der Waals surface area contributed by atoms with Crippen molar-refractivity contribution in [2.45, 2.75) is 0 Å². The van der Waals surface area contributed by atoms with E-state index in [9.17, 15) is 4.79 Å². The third kappa shape index (κ3) is 4.81. The minimum atomic E-state index is -0.265. The monoisotopic (exact) mass is 406 g/mol. The summed E-state index contributed by atoms with van der Waals surface area (Å²) in [7, 11) is 1.56. The fourth-order valence-electron chi connectivity index (χ4n) is 2.98. The van der Waals surface area contributed by atoms with Crippen molar-refractivity contribution in [2.75, 3.05) is 43.6 Å². The zero-order valence-corrected chi connectivity index (χ0v) is 16.5. The number of ether oxygens (including phenoxy) is 2. The average molecular weight is 406 g/mol. The molecular weight excluding hydrogens is 384 g/mol. The second-order valence-electron chi connectivity index (χ2n) is 6.55. The lowest BCUT2D eigenvalue weighted by molar-refractivity contribution is 0.0958. The van der Waals surface area contributed by atoms with Gasteiger partial charge in [-0.3, -0.25) is 9.78 Å². The van der Waals surface area contributed by atoms with E-state index in [1.165, 1.54) is 6.20 Å². The fraction of sp³-hybridized carbons (Fsp3) is 0.238. The van der Waals surface area contributed by atoms with E-state index in [2.05, 4.69) is 30.5 Å². The second kappa shape index (κ2) is 9.19. The van der Waals surface area contributed by atoms with E-state index in [0.29, 0.717) is 36.4 Å². The van der Waals surface area contributed by atoms with E-state index in [1.807, 2.05) is 30.3 Å². The van der Waals surface area contributed by atoms with Crippen LogP contribution in [0.4, 0.5) is 17.5 Å². The van der Waals surface area contributed by atoms with Crippen molar-refractivity contribution >= 4 is 23.4 Å². The summed E-state index contributed by atoms with van der Waals surface area (Å²) in [5, 5.41) is 5.75. The van der Waals surface area contributed by atoms with Gasteiger partial charge in [-0.25, -0.2) is 4.98 Å². The third-order valence-electron chi connectivity index (χ3n) is 4.51. The maximum absolute atomic E-state index is 11.7. The van der Waals surface area contributed by atoms with Crippen LogP contribution in [0, 0.1) is 0 Å². The Bertz CT molecular complexity index is 1010. The summed E-state index contributed by atoms with van der Waals surface area (Å²) in [5.41, 5.74) is 1.13. The minimum Gasteiger partial charge on any atom is -0.457 e. The van der Waals surface area contributed by atoms with Crippen LogP contribution in [0.3, 0.4) is 0 Å². The Morgan fingerprint density at radius 2 is 1.80 bits per heavy atom. The van der Waals surface area contributed by atoms with Crippen molar-refractivity contribution < 1.29 is 14.3 Å². The van der Waals surface area contributed by atoms with E-state index in [4.69, 9.17) is 9.47 Å². The van der Waals surface area contributed by atoms with Gasteiger partial charge in [-0.1, -0.05) is 0 Å².